The summed E-state index contributed by atoms with van der Waals surface area (Å²) >= 11 is 1.50. The molecule has 0 saturated carbocycles. The van der Waals surface area contributed by atoms with Crippen molar-refractivity contribution in [3.8, 4) is 5.75 Å². The Morgan fingerprint density at radius 3 is 2.58 bits per heavy atom. The van der Waals surface area contributed by atoms with Crippen molar-refractivity contribution in [3.05, 3.63) is 88.8 Å². The number of hydrogen-bond donors (Lipinski definition) is 3. The molecule has 0 aliphatic rings. The van der Waals surface area contributed by atoms with E-state index in [1.807, 2.05) is 36.4 Å². The van der Waals surface area contributed by atoms with Crippen molar-refractivity contribution in [2.75, 3.05) is 18.2 Å². The lowest BCUT2D eigenvalue weighted by molar-refractivity contribution is 0.103. The summed E-state index contributed by atoms with van der Waals surface area (Å²) in [6, 6.07) is 24.1. The van der Waals surface area contributed by atoms with Crippen LogP contribution in [0.25, 0.3) is 10.1 Å². The van der Waals surface area contributed by atoms with E-state index in [1.54, 1.807) is 13.2 Å². The standard InChI is InChI=1S/C27H29N3O2S/c1-3-6-23(29-17-18-9-13-21(32-2)14-10-18)19-11-12-20-16-26(33-25(20)15-19)27(31)30-24-8-5-4-7-22(24)28/h4-5,7-16,23,29H,3,6,17,28H2,1-2H3,(H,30,31). The van der Waals surface area contributed by atoms with Crippen LogP contribution in [0.1, 0.15) is 46.6 Å². The maximum absolute atomic E-state index is 12.8. The molecule has 1 heterocycles. The van der Waals surface area contributed by atoms with E-state index in [0.717, 1.165) is 35.2 Å². The van der Waals surface area contributed by atoms with E-state index < -0.39 is 0 Å². The number of methoxy groups -OCH3 is 1. The van der Waals surface area contributed by atoms with Crippen LogP contribution in [-0.2, 0) is 6.54 Å². The summed E-state index contributed by atoms with van der Waals surface area (Å²) in [7, 11) is 1.68. The highest BCUT2D eigenvalue weighted by Crippen LogP contribution is 2.31. The van der Waals surface area contributed by atoms with Gasteiger partial charge in [-0.1, -0.05) is 49.7 Å². The first-order valence-electron chi connectivity index (χ1n) is 11.1. The molecule has 1 unspecified atom stereocenters. The van der Waals surface area contributed by atoms with Crippen molar-refractivity contribution in [2.24, 2.45) is 0 Å². The largest absolute Gasteiger partial charge is 0.497 e. The van der Waals surface area contributed by atoms with Crippen molar-refractivity contribution >= 4 is 38.7 Å². The Morgan fingerprint density at radius 2 is 1.85 bits per heavy atom. The summed E-state index contributed by atoms with van der Waals surface area (Å²) in [5.74, 6) is 0.722. The number of nitrogens with one attached hydrogen (secondary N) is 2. The van der Waals surface area contributed by atoms with Crippen LogP contribution in [0.3, 0.4) is 0 Å². The molecule has 0 aliphatic carbocycles. The summed E-state index contributed by atoms with van der Waals surface area (Å²) in [5.41, 5.74) is 9.60. The number of carbonyl (C=O) groups is 1. The number of carbonyl (C=O) groups excluding carboxylic acids is 1. The predicted molar refractivity (Wildman–Crippen MR) is 138 cm³/mol. The van der Waals surface area contributed by atoms with E-state index in [1.165, 1.54) is 22.5 Å². The Labute approximate surface area is 198 Å². The highest BCUT2D eigenvalue weighted by Gasteiger charge is 2.15. The Kier molecular flexibility index (Phi) is 7.27. The topological polar surface area (TPSA) is 76.4 Å². The first kappa shape index (κ1) is 22.8. The Hall–Kier alpha value is -3.35. The maximum Gasteiger partial charge on any atom is 0.265 e. The van der Waals surface area contributed by atoms with Gasteiger partial charge in [0.2, 0.25) is 0 Å². The lowest BCUT2D eigenvalue weighted by Crippen LogP contribution is -2.20. The van der Waals surface area contributed by atoms with E-state index in [2.05, 4.69) is 47.9 Å². The molecule has 4 rings (SSSR count). The molecule has 5 nitrogen and oxygen atoms in total. The zero-order chi connectivity index (χ0) is 23.2. The molecule has 33 heavy (non-hydrogen) atoms. The number of thiophene rings is 1. The third kappa shape index (κ3) is 5.53. The lowest BCUT2D eigenvalue weighted by Gasteiger charge is -2.19. The summed E-state index contributed by atoms with van der Waals surface area (Å²) in [6.07, 6.45) is 2.11. The SMILES string of the molecule is CCCC(NCc1ccc(OC)cc1)c1ccc2cc(C(=O)Nc3ccccc3N)sc2c1. The third-order valence-corrected chi connectivity index (χ3v) is 6.76. The van der Waals surface area contributed by atoms with Gasteiger partial charge in [-0.15, -0.1) is 11.3 Å². The minimum absolute atomic E-state index is 0.140. The zero-order valence-electron chi connectivity index (χ0n) is 18.9. The minimum Gasteiger partial charge on any atom is -0.497 e. The zero-order valence-corrected chi connectivity index (χ0v) is 19.7. The number of anilines is 2. The number of benzene rings is 3. The third-order valence-electron chi connectivity index (χ3n) is 5.67. The number of nitrogens with two attached hydrogens (primary N) is 1. The molecule has 1 atom stereocenters. The van der Waals surface area contributed by atoms with Gasteiger partial charge in [-0.2, -0.15) is 0 Å². The molecule has 0 spiro atoms. The number of amides is 1. The number of nitrogen functional groups attached to an aromatic ring is 1. The molecule has 4 aromatic rings. The van der Waals surface area contributed by atoms with Gasteiger partial charge in [0.15, 0.2) is 0 Å². The monoisotopic (exact) mass is 459 g/mol. The maximum atomic E-state index is 12.8. The molecule has 1 amide bonds. The summed E-state index contributed by atoms with van der Waals surface area (Å²) in [5, 5.41) is 7.68. The number of rotatable bonds is 9. The Balaban J connectivity index is 1.50. The van der Waals surface area contributed by atoms with Crippen LogP contribution in [-0.4, -0.2) is 13.0 Å². The van der Waals surface area contributed by atoms with Crippen LogP contribution >= 0.6 is 11.3 Å². The summed E-state index contributed by atoms with van der Waals surface area (Å²) < 4.78 is 6.35. The summed E-state index contributed by atoms with van der Waals surface area (Å²) in [4.78, 5) is 13.5. The fraction of sp³-hybridized carbons (Fsp3) is 0.222. The van der Waals surface area contributed by atoms with E-state index in [4.69, 9.17) is 10.5 Å². The molecule has 0 saturated heterocycles. The van der Waals surface area contributed by atoms with Crippen molar-refractivity contribution < 1.29 is 9.53 Å². The number of ether oxygens (including phenoxy) is 1. The lowest BCUT2D eigenvalue weighted by atomic mass is 10.0. The number of fused-ring (bicyclic) bond motifs is 1. The molecule has 0 aliphatic heterocycles. The molecule has 6 heteroatoms. The van der Waals surface area contributed by atoms with Crippen molar-refractivity contribution in [1.82, 2.24) is 5.32 Å². The Morgan fingerprint density at radius 1 is 1.06 bits per heavy atom. The van der Waals surface area contributed by atoms with Crippen LogP contribution in [0.15, 0.2) is 72.8 Å². The first-order chi connectivity index (χ1) is 16.1. The summed E-state index contributed by atoms with van der Waals surface area (Å²) in [6.45, 7) is 2.98. The molecule has 170 valence electrons. The van der Waals surface area contributed by atoms with Gasteiger partial charge in [0, 0.05) is 17.3 Å². The normalized spacial score (nSPS) is 11.9. The molecule has 0 bridgehead atoms. The van der Waals surface area contributed by atoms with Gasteiger partial charge in [-0.25, -0.2) is 0 Å². The van der Waals surface area contributed by atoms with Gasteiger partial charge in [0.25, 0.3) is 5.91 Å². The molecule has 4 N–H and O–H groups in total. The average Bonchev–Trinajstić information content (AvgIpc) is 3.27. The second-order valence-corrected chi connectivity index (χ2v) is 9.10. The van der Waals surface area contributed by atoms with Crippen LogP contribution in [0.2, 0.25) is 0 Å². The molecule has 0 radical (unpaired) electrons. The predicted octanol–water partition coefficient (Wildman–Crippen LogP) is 6.38. The smallest absolute Gasteiger partial charge is 0.265 e. The second-order valence-electron chi connectivity index (χ2n) is 8.02. The van der Waals surface area contributed by atoms with Gasteiger partial charge < -0.3 is 21.1 Å². The van der Waals surface area contributed by atoms with Gasteiger partial charge in [0.05, 0.1) is 23.4 Å². The molecular weight excluding hydrogens is 430 g/mol. The number of hydrogen-bond acceptors (Lipinski definition) is 5. The van der Waals surface area contributed by atoms with Crippen LogP contribution in [0.4, 0.5) is 11.4 Å². The van der Waals surface area contributed by atoms with Crippen molar-refractivity contribution in [2.45, 2.75) is 32.4 Å². The van der Waals surface area contributed by atoms with Gasteiger partial charge >= 0.3 is 0 Å². The van der Waals surface area contributed by atoms with Crippen molar-refractivity contribution in [3.63, 3.8) is 0 Å². The average molecular weight is 460 g/mol. The van der Waals surface area contributed by atoms with Crippen LogP contribution < -0.4 is 21.1 Å². The van der Waals surface area contributed by atoms with E-state index in [-0.39, 0.29) is 11.9 Å². The van der Waals surface area contributed by atoms with Crippen LogP contribution in [0, 0.1) is 0 Å². The fourth-order valence-corrected chi connectivity index (χ4v) is 4.84. The van der Waals surface area contributed by atoms with Gasteiger partial charge in [-0.05, 0) is 59.3 Å². The first-order valence-corrected chi connectivity index (χ1v) is 11.9. The second kappa shape index (κ2) is 10.5. The van der Waals surface area contributed by atoms with Crippen molar-refractivity contribution in [1.29, 1.82) is 0 Å². The Bertz CT molecular complexity index is 1230. The van der Waals surface area contributed by atoms with Crippen LogP contribution in [0.5, 0.6) is 5.75 Å². The van der Waals surface area contributed by atoms with Gasteiger partial charge in [-0.3, -0.25) is 4.79 Å². The highest BCUT2D eigenvalue weighted by atomic mass is 32.1. The quantitative estimate of drug-likeness (QED) is 0.254. The highest BCUT2D eigenvalue weighted by molar-refractivity contribution is 7.20. The fourth-order valence-electron chi connectivity index (χ4n) is 3.83. The van der Waals surface area contributed by atoms with E-state index in [0.29, 0.717) is 16.3 Å². The molecule has 1 aromatic heterocycles. The molecular formula is C27H29N3O2S. The van der Waals surface area contributed by atoms with E-state index >= 15 is 0 Å². The van der Waals surface area contributed by atoms with Gasteiger partial charge in [0.1, 0.15) is 5.75 Å². The number of para-hydroxylation sites is 2. The molecule has 0 fully saturated rings. The minimum atomic E-state index is -0.140. The van der Waals surface area contributed by atoms with E-state index in [9.17, 15) is 4.79 Å². The molecule has 3 aromatic carbocycles.